The Bertz CT molecular complexity index is 920. The number of aromatic nitrogens is 1. The number of carbonyl (C=O) groups is 2. The lowest BCUT2D eigenvalue weighted by Crippen LogP contribution is -2.24. The summed E-state index contributed by atoms with van der Waals surface area (Å²) in [4.78, 5) is 36.8. The van der Waals surface area contributed by atoms with Crippen molar-refractivity contribution in [3.8, 4) is 22.6 Å². The number of methoxy groups -OCH3 is 1. The van der Waals surface area contributed by atoms with Crippen LogP contribution in [0.3, 0.4) is 0 Å². The molecule has 2 rings (SSSR count). The summed E-state index contributed by atoms with van der Waals surface area (Å²) in [6, 6.07) is 2.46. The molecule has 0 aliphatic heterocycles. The first-order valence-corrected chi connectivity index (χ1v) is 6.66. The van der Waals surface area contributed by atoms with Crippen molar-refractivity contribution in [2.24, 2.45) is 0 Å². The molecule has 1 aromatic carbocycles. The Balaban J connectivity index is 3.03. The average molecular weight is 355 g/mol. The number of carboxylic acids is 2. The van der Waals surface area contributed by atoms with Crippen LogP contribution in [0.15, 0.2) is 16.9 Å². The van der Waals surface area contributed by atoms with Crippen LogP contribution in [-0.2, 0) is 0 Å². The number of H-pyrrole nitrogens is 1. The molecule has 0 atom stereocenters. The highest BCUT2D eigenvalue weighted by Crippen LogP contribution is 2.43. The highest BCUT2D eigenvalue weighted by atomic mass is 35.5. The lowest BCUT2D eigenvalue weighted by Gasteiger charge is -2.15. The van der Waals surface area contributed by atoms with Crippen molar-refractivity contribution in [1.82, 2.24) is 4.98 Å². The Kier molecular flexibility index (Phi) is 4.38. The first-order valence-electron chi connectivity index (χ1n) is 6.28. The van der Waals surface area contributed by atoms with Gasteiger partial charge in [-0.05, 0) is 12.1 Å². The van der Waals surface area contributed by atoms with Gasteiger partial charge in [-0.2, -0.15) is 0 Å². The van der Waals surface area contributed by atoms with Gasteiger partial charge in [0, 0.05) is 11.1 Å². The van der Waals surface area contributed by atoms with E-state index in [0.717, 1.165) is 0 Å². The minimum atomic E-state index is -1.68. The van der Waals surface area contributed by atoms with E-state index >= 15 is 0 Å². The Morgan fingerprint density at radius 3 is 2.29 bits per heavy atom. The lowest BCUT2D eigenvalue weighted by molar-refractivity contribution is 0.0695. The number of nitrogen functional groups attached to an aromatic ring is 1. The van der Waals surface area contributed by atoms with Crippen molar-refractivity contribution in [2.75, 3.05) is 12.8 Å². The number of halogens is 1. The summed E-state index contributed by atoms with van der Waals surface area (Å²) in [5, 5.41) is 28.2. The summed E-state index contributed by atoms with van der Waals surface area (Å²) >= 11 is 6.00. The number of nitrogens with one attached hydrogen (secondary N) is 1. The Morgan fingerprint density at radius 1 is 1.21 bits per heavy atom. The third-order valence-corrected chi connectivity index (χ3v) is 3.62. The van der Waals surface area contributed by atoms with Crippen LogP contribution >= 0.6 is 11.6 Å². The molecule has 9 nitrogen and oxygen atoms in total. The molecule has 0 unspecified atom stereocenters. The molecule has 6 N–H and O–H groups in total. The van der Waals surface area contributed by atoms with E-state index in [4.69, 9.17) is 22.1 Å². The number of aromatic amines is 1. The SMILES string of the molecule is COc1ccc(-c2c(C(=O)O)c(N)[nH]c(=O)c2C(=O)O)c(Cl)c1O. The van der Waals surface area contributed by atoms with Gasteiger partial charge < -0.3 is 30.8 Å². The Morgan fingerprint density at radius 2 is 1.79 bits per heavy atom. The molecule has 0 fully saturated rings. The molecule has 0 spiro atoms. The van der Waals surface area contributed by atoms with E-state index in [9.17, 15) is 29.7 Å². The Labute approximate surface area is 138 Å². The number of phenolic OH excluding ortho intramolecular Hbond substituents is 1. The highest BCUT2D eigenvalue weighted by Gasteiger charge is 2.29. The fourth-order valence-corrected chi connectivity index (χ4v) is 2.47. The number of hydrogen-bond acceptors (Lipinski definition) is 6. The van der Waals surface area contributed by atoms with E-state index in [2.05, 4.69) is 0 Å². The quantitative estimate of drug-likeness (QED) is 0.549. The summed E-state index contributed by atoms with van der Waals surface area (Å²) < 4.78 is 4.86. The van der Waals surface area contributed by atoms with E-state index in [1.807, 2.05) is 4.98 Å². The van der Waals surface area contributed by atoms with E-state index in [1.165, 1.54) is 19.2 Å². The van der Waals surface area contributed by atoms with Gasteiger partial charge in [0.15, 0.2) is 11.5 Å². The smallest absolute Gasteiger partial charge is 0.342 e. The standard InChI is InChI=1S/C14H11ClN2O7/c1-24-5-3-2-4(9(15)10(5)18)6-7(13(20)21)11(16)17-12(19)8(6)14(22)23/h2-3,18H,1H3,(H,20,21)(H,22,23)(H3,16,17,19). The van der Waals surface area contributed by atoms with Crippen LogP contribution in [0.2, 0.25) is 5.02 Å². The number of hydrogen-bond donors (Lipinski definition) is 5. The van der Waals surface area contributed by atoms with Crippen LogP contribution in [0.4, 0.5) is 5.82 Å². The fourth-order valence-electron chi connectivity index (χ4n) is 2.22. The van der Waals surface area contributed by atoms with Crippen LogP contribution in [-0.4, -0.2) is 39.4 Å². The maximum Gasteiger partial charge on any atom is 0.342 e. The van der Waals surface area contributed by atoms with Crippen LogP contribution in [0.5, 0.6) is 11.5 Å². The third-order valence-electron chi connectivity index (χ3n) is 3.24. The normalized spacial score (nSPS) is 10.4. The molecule has 0 radical (unpaired) electrons. The first kappa shape index (κ1) is 17.2. The number of benzene rings is 1. The summed E-state index contributed by atoms with van der Waals surface area (Å²) in [6.07, 6.45) is 0. The number of rotatable bonds is 4. The zero-order valence-electron chi connectivity index (χ0n) is 12.1. The molecule has 1 heterocycles. The predicted molar refractivity (Wildman–Crippen MR) is 84.1 cm³/mol. The minimum Gasteiger partial charge on any atom is -0.503 e. The van der Waals surface area contributed by atoms with Crippen molar-refractivity contribution in [3.05, 3.63) is 38.6 Å². The van der Waals surface area contributed by atoms with Gasteiger partial charge in [-0.25, -0.2) is 9.59 Å². The fraction of sp³-hybridized carbons (Fsp3) is 0.0714. The number of aromatic carboxylic acids is 2. The predicted octanol–water partition coefficient (Wildman–Crippen LogP) is 1.39. The molecular weight excluding hydrogens is 344 g/mol. The summed E-state index contributed by atoms with van der Waals surface area (Å²) in [5.74, 6) is -4.36. The van der Waals surface area contributed by atoms with Crippen molar-refractivity contribution in [3.63, 3.8) is 0 Å². The van der Waals surface area contributed by atoms with Gasteiger partial charge in [0.25, 0.3) is 5.56 Å². The lowest BCUT2D eigenvalue weighted by atomic mass is 9.95. The van der Waals surface area contributed by atoms with Crippen molar-refractivity contribution >= 4 is 29.4 Å². The third kappa shape index (κ3) is 2.61. The minimum absolute atomic E-state index is 0.0182. The average Bonchev–Trinajstić information content (AvgIpc) is 2.48. The monoisotopic (exact) mass is 354 g/mol. The largest absolute Gasteiger partial charge is 0.503 e. The van der Waals surface area contributed by atoms with E-state index in [-0.39, 0.29) is 16.3 Å². The molecule has 24 heavy (non-hydrogen) atoms. The summed E-state index contributed by atoms with van der Waals surface area (Å²) in [6.45, 7) is 0. The summed E-state index contributed by atoms with van der Waals surface area (Å²) in [7, 11) is 1.27. The van der Waals surface area contributed by atoms with Gasteiger partial charge in [-0.1, -0.05) is 11.6 Å². The van der Waals surface area contributed by atoms with E-state index in [0.29, 0.717) is 0 Å². The molecule has 0 aliphatic rings. The van der Waals surface area contributed by atoms with Gasteiger partial charge in [0.1, 0.15) is 16.9 Å². The second-order valence-electron chi connectivity index (χ2n) is 4.58. The molecule has 1 aromatic heterocycles. The molecule has 0 saturated carbocycles. The maximum atomic E-state index is 11.9. The molecule has 0 aliphatic carbocycles. The van der Waals surface area contributed by atoms with Crippen LogP contribution < -0.4 is 16.0 Å². The zero-order valence-corrected chi connectivity index (χ0v) is 12.8. The number of nitrogens with two attached hydrogens (primary N) is 1. The molecule has 10 heteroatoms. The van der Waals surface area contributed by atoms with Crippen LogP contribution in [0.1, 0.15) is 20.7 Å². The number of aromatic hydroxyl groups is 1. The molecule has 0 saturated heterocycles. The number of ether oxygens (including phenoxy) is 1. The van der Waals surface area contributed by atoms with E-state index in [1.54, 1.807) is 0 Å². The van der Waals surface area contributed by atoms with Gasteiger partial charge in [0.2, 0.25) is 0 Å². The van der Waals surface area contributed by atoms with Gasteiger partial charge in [-0.15, -0.1) is 0 Å². The second kappa shape index (κ2) is 6.13. The Hall–Kier alpha value is -3.20. The zero-order chi connectivity index (χ0) is 18.2. The molecule has 2 aromatic rings. The number of phenols is 1. The second-order valence-corrected chi connectivity index (χ2v) is 4.96. The maximum absolute atomic E-state index is 11.9. The van der Waals surface area contributed by atoms with Crippen LogP contribution in [0.25, 0.3) is 11.1 Å². The molecule has 0 bridgehead atoms. The number of carboxylic acid groups (broad SMARTS) is 2. The number of pyridine rings is 1. The van der Waals surface area contributed by atoms with E-state index < -0.39 is 45.8 Å². The van der Waals surface area contributed by atoms with Crippen LogP contribution in [0, 0.1) is 0 Å². The molecular formula is C14H11ClN2O7. The summed E-state index contributed by atoms with van der Waals surface area (Å²) in [5.41, 5.74) is 2.18. The van der Waals surface area contributed by atoms with Crippen molar-refractivity contribution in [2.45, 2.75) is 0 Å². The van der Waals surface area contributed by atoms with Gasteiger partial charge in [-0.3, -0.25) is 4.79 Å². The van der Waals surface area contributed by atoms with Crippen molar-refractivity contribution < 1.29 is 29.6 Å². The molecule has 0 amide bonds. The number of anilines is 1. The highest BCUT2D eigenvalue weighted by molar-refractivity contribution is 6.35. The topological polar surface area (TPSA) is 163 Å². The molecule has 126 valence electrons. The van der Waals surface area contributed by atoms with Gasteiger partial charge in [0.05, 0.1) is 12.1 Å². The first-order chi connectivity index (χ1) is 11.2. The van der Waals surface area contributed by atoms with Gasteiger partial charge >= 0.3 is 11.9 Å². The van der Waals surface area contributed by atoms with Crippen molar-refractivity contribution in [1.29, 1.82) is 0 Å².